The van der Waals surface area contributed by atoms with E-state index in [9.17, 15) is 13.2 Å². The fourth-order valence-corrected chi connectivity index (χ4v) is 2.90. The molecule has 0 spiro atoms. The minimum Gasteiger partial charge on any atom is -0.322 e. The quantitative estimate of drug-likeness (QED) is 0.820. The van der Waals surface area contributed by atoms with Crippen LogP contribution in [0, 0.1) is 6.92 Å². The van der Waals surface area contributed by atoms with E-state index in [2.05, 4.69) is 15.0 Å². The molecule has 23 heavy (non-hydrogen) atoms. The zero-order valence-electron chi connectivity index (χ0n) is 12.8. The Morgan fingerprint density at radius 3 is 2.70 bits per heavy atom. The monoisotopic (exact) mass is 331 g/mol. The summed E-state index contributed by atoms with van der Waals surface area (Å²) >= 11 is 0. The molecule has 0 aliphatic carbocycles. The third-order valence-corrected chi connectivity index (χ3v) is 4.68. The minimum atomic E-state index is -3.57. The van der Waals surface area contributed by atoms with Crippen molar-refractivity contribution < 1.29 is 13.2 Å². The van der Waals surface area contributed by atoms with E-state index in [4.69, 9.17) is 0 Å². The number of nitrogens with one attached hydrogen (secondary N) is 2. The van der Waals surface area contributed by atoms with Crippen LogP contribution in [-0.2, 0) is 14.8 Å². The van der Waals surface area contributed by atoms with Crippen LogP contribution in [0.4, 0.5) is 5.69 Å². The van der Waals surface area contributed by atoms with E-state index < -0.39 is 10.0 Å². The zero-order valence-corrected chi connectivity index (χ0v) is 13.6. The Kier molecular flexibility index (Phi) is 5.25. The maximum absolute atomic E-state index is 11.9. The fraction of sp³-hybridized carbons (Fsp3) is 0.125. The summed E-state index contributed by atoms with van der Waals surface area (Å²) < 4.78 is 26.1. The van der Waals surface area contributed by atoms with Crippen molar-refractivity contribution >= 4 is 27.7 Å². The number of hydrogen-bond acceptors (Lipinski definition) is 4. The Hall–Kier alpha value is -2.51. The van der Waals surface area contributed by atoms with Crippen molar-refractivity contribution in [3.8, 4) is 0 Å². The van der Waals surface area contributed by atoms with Gasteiger partial charge in [0.2, 0.25) is 15.9 Å². The lowest BCUT2D eigenvalue weighted by atomic mass is 10.2. The predicted octanol–water partition coefficient (Wildman–Crippen LogP) is 1.95. The van der Waals surface area contributed by atoms with Crippen LogP contribution in [0.3, 0.4) is 0 Å². The van der Waals surface area contributed by atoms with Gasteiger partial charge in [-0.2, -0.15) is 0 Å². The van der Waals surface area contributed by atoms with E-state index in [0.717, 1.165) is 5.56 Å². The molecule has 0 bridgehead atoms. The van der Waals surface area contributed by atoms with Crippen LogP contribution in [0.2, 0.25) is 0 Å². The smallest absolute Gasteiger partial charge is 0.248 e. The molecule has 0 radical (unpaired) electrons. The van der Waals surface area contributed by atoms with E-state index in [0.29, 0.717) is 11.3 Å². The SMILES string of the molecule is CNS(=O)(=O)c1cc(NC(=O)/C=C/c2cccnc2)ccc1C. The van der Waals surface area contributed by atoms with Crippen LogP contribution < -0.4 is 10.0 Å². The molecule has 1 aromatic carbocycles. The molecule has 0 saturated heterocycles. The van der Waals surface area contributed by atoms with Gasteiger partial charge in [-0.3, -0.25) is 9.78 Å². The van der Waals surface area contributed by atoms with Crippen LogP contribution in [0.15, 0.2) is 53.7 Å². The predicted molar refractivity (Wildman–Crippen MR) is 89.3 cm³/mol. The van der Waals surface area contributed by atoms with E-state index in [1.54, 1.807) is 43.6 Å². The van der Waals surface area contributed by atoms with E-state index in [-0.39, 0.29) is 10.8 Å². The molecule has 2 aromatic rings. The molecule has 0 aliphatic rings. The van der Waals surface area contributed by atoms with Gasteiger partial charge in [-0.15, -0.1) is 0 Å². The highest BCUT2D eigenvalue weighted by atomic mass is 32.2. The molecule has 7 heteroatoms. The Bertz CT molecular complexity index is 831. The first kappa shape index (κ1) is 16.9. The van der Waals surface area contributed by atoms with Crippen LogP contribution in [-0.4, -0.2) is 26.4 Å². The van der Waals surface area contributed by atoms with Crippen molar-refractivity contribution in [3.05, 3.63) is 59.9 Å². The van der Waals surface area contributed by atoms with Gasteiger partial charge < -0.3 is 5.32 Å². The number of carbonyl (C=O) groups excluding carboxylic acids is 1. The van der Waals surface area contributed by atoms with Crippen LogP contribution in [0.1, 0.15) is 11.1 Å². The van der Waals surface area contributed by atoms with E-state index in [1.165, 1.54) is 19.2 Å². The molecule has 0 atom stereocenters. The van der Waals surface area contributed by atoms with Gasteiger partial charge in [0, 0.05) is 24.2 Å². The lowest BCUT2D eigenvalue weighted by molar-refractivity contribution is -0.111. The molecule has 6 nitrogen and oxygen atoms in total. The van der Waals surface area contributed by atoms with Crippen LogP contribution >= 0.6 is 0 Å². The van der Waals surface area contributed by atoms with E-state index >= 15 is 0 Å². The molecule has 0 fully saturated rings. The highest BCUT2D eigenvalue weighted by molar-refractivity contribution is 7.89. The van der Waals surface area contributed by atoms with Gasteiger partial charge in [-0.25, -0.2) is 13.1 Å². The third-order valence-electron chi connectivity index (χ3n) is 3.13. The first-order chi connectivity index (χ1) is 10.9. The summed E-state index contributed by atoms with van der Waals surface area (Å²) in [6, 6.07) is 8.31. The maximum Gasteiger partial charge on any atom is 0.248 e. The Morgan fingerprint density at radius 2 is 2.04 bits per heavy atom. The standard InChI is InChI=1S/C16H17N3O3S/c1-12-5-7-14(10-15(12)23(21,22)17-2)19-16(20)8-6-13-4-3-9-18-11-13/h3-11,17H,1-2H3,(H,19,20)/b8-6+. The average molecular weight is 331 g/mol. The van der Waals surface area contributed by atoms with Crippen molar-refractivity contribution in [1.29, 1.82) is 0 Å². The highest BCUT2D eigenvalue weighted by Gasteiger charge is 2.15. The zero-order chi connectivity index (χ0) is 16.9. The van der Waals surface area contributed by atoms with E-state index in [1.807, 2.05) is 6.07 Å². The van der Waals surface area contributed by atoms with Gasteiger partial charge in [0.15, 0.2) is 0 Å². The molecule has 120 valence electrons. The summed E-state index contributed by atoms with van der Waals surface area (Å²) in [7, 11) is -2.23. The first-order valence-electron chi connectivity index (χ1n) is 6.85. The second-order valence-corrected chi connectivity index (χ2v) is 6.65. The molecule has 1 heterocycles. The summed E-state index contributed by atoms with van der Waals surface area (Å²) in [6.45, 7) is 1.69. The molecular formula is C16H17N3O3S. The largest absolute Gasteiger partial charge is 0.322 e. The number of sulfonamides is 1. The number of aromatic nitrogens is 1. The minimum absolute atomic E-state index is 0.133. The molecular weight excluding hydrogens is 314 g/mol. The fourth-order valence-electron chi connectivity index (χ4n) is 1.91. The lowest BCUT2D eigenvalue weighted by Crippen LogP contribution is -2.20. The Labute approximate surface area is 135 Å². The number of rotatable bonds is 5. The summed E-state index contributed by atoms with van der Waals surface area (Å²) in [4.78, 5) is 16.0. The van der Waals surface area contributed by atoms with Crippen molar-refractivity contribution in [1.82, 2.24) is 9.71 Å². The van der Waals surface area contributed by atoms with Gasteiger partial charge in [-0.1, -0.05) is 12.1 Å². The average Bonchev–Trinajstić information content (AvgIpc) is 2.55. The number of pyridine rings is 1. The van der Waals surface area contributed by atoms with Gasteiger partial charge >= 0.3 is 0 Å². The van der Waals surface area contributed by atoms with Crippen LogP contribution in [0.25, 0.3) is 6.08 Å². The lowest BCUT2D eigenvalue weighted by Gasteiger charge is -2.09. The number of anilines is 1. The maximum atomic E-state index is 11.9. The number of hydrogen-bond donors (Lipinski definition) is 2. The van der Waals surface area contributed by atoms with Crippen molar-refractivity contribution in [3.63, 3.8) is 0 Å². The number of carbonyl (C=O) groups is 1. The van der Waals surface area contributed by atoms with Gasteiger partial charge in [0.1, 0.15) is 0 Å². The molecule has 2 rings (SSSR count). The first-order valence-corrected chi connectivity index (χ1v) is 8.34. The molecule has 1 aromatic heterocycles. The van der Waals surface area contributed by atoms with Crippen LogP contribution in [0.5, 0.6) is 0 Å². The van der Waals surface area contributed by atoms with Gasteiger partial charge in [0.25, 0.3) is 0 Å². The number of benzene rings is 1. The summed E-state index contributed by atoms with van der Waals surface area (Å²) in [5.41, 5.74) is 1.80. The highest BCUT2D eigenvalue weighted by Crippen LogP contribution is 2.20. The summed E-state index contributed by atoms with van der Waals surface area (Å²) in [5, 5.41) is 2.64. The Morgan fingerprint density at radius 1 is 1.26 bits per heavy atom. The van der Waals surface area contributed by atoms with Crippen molar-refractivity contribution in [2.45, 2.75) is 11.8 Å². The molecule has 1 amide bonds. The summed E-state index contributed by atoms with van der Waals surface area (Å²) in [5.74, 6) is -0.356. The van der Waals surface area contributed by atoms with Crippen molar-refractivity contribution in [2.75, 3.05) is 12.4 Å². The normalized spacial score (nSPS) is 11.6. The van der Waals surface area contributed by atoms with Gasteiger partial charge in [-0.05, 0) is 49.4 Å². The van der Waals surface area contributed by atoms with Crippen molar-refractivity contribution in [2.24, 2.45) is 0 Å². The number of nitrogens with zero attached hydrogens (tertiary/aromatic N) is 1. The molecule has 0 unspecified atom stereocenters. The molecule has 2 N–H and O–H groups in total. The summed E-state index contributed by atoms with van der Waals surface area (Å²) in [6.07, 6.45) is 6.27. The topological polar surface area (TPSA) is 88.2 Å². The second-order valence-electron chi connectivity index (χ2n) is 4.80. The number of aryl methyl sites for hydroxylation is 1. The van der Waals surface area contributed by atoms with Gasteiger partial charge in [0.05, 0.1) is 4.90 Å². The molecule has 0 aliphatic heterocycles. The Balaban J connectivity index is 2.16. The molecule has 0 saturated carbocycles. The third kappa shape index (κ3) is 4.48. The second kappa shape index (κ2) is 7.17. The number of amides is 1.